The Morgan fingerprint density at radius 1 is 1.27 bits per heavy atom. The van der Waals surface area contributed by atoms with Gasteiger partial charge in [-0.05, 0) is 23.3 Å². The highest BCUT2D eigenvalue weighted by Gasteiger charge is 2.15. The van der Waals surface area contributed by atoms with Crippen molar-refractivity contribution in [1.29, 1.82) is 0 Å². The summed E-state index contributed by atoms with van der Waals surface area (Å²) in [5.41, 5.74) is 9.54. The number of benzene rings is 1. The van der Waals surface area contributed by atoms with Crippen LogP contribution in [-0.4, -0.2) is 51.9 Å². The largest absolute Gasteiger partial charge is 0.379 e. The maximum absolute atomic E-state index is 11.8. The number of ether oxygens (including phenoxy) is 1. The first kappa shape index (κ1) is 16.7. The van der Waals surface area contributed by atoms with Crippen molar-refractivity contribution in [2.75, 3.05) is 26.3 Å². The van der Waals surface area contributed by atoms with Gasteiger partial charge in [0.05, 0.1) is 24.9 Å². The van der Waals surface area contributed by atoms with Crippen LogP contribution in [0.5, 0.6) is 0 Å². The molecule has 1 aliphatic heterocycles. The number of morpholine rings is 1. The third-order valence-electron chi connectivity index (χ3n) is 4.65. The van der Waals surface area contributed by atoms with Gasteiger partial charge in [0, 0.05) is 43.8 Å². The average Bonchev–Trinajstić information content (AvgIpc) is 3.07. The molecule has 2 aromatic heterocycles. The molecular weight excluding hydrogens is 330 g/mol. The monoisotopic (exact) mass is 351 g/mol. The minimum atomic E-state index is -0.532. The van der Waals surface area contributed by atoms with E-state index in [1.807, 2.05) is 19.3 Å². The van der Waals surface area contributed by atoms with Gasteiger partial charge in [-0.2, -0.15) is 5.10 Å². The Balaban J connectivity index is 1.77. The van der Waals surface area contributed by atoms with Gasteiger partial charge < -0.3 is 10.5 Å². The fraction of sp³-hybridized carbons (Fsp3) is 0.316. The molecule has 0 bridgehead atoms. The number of rotatable bonds is 4. The third-order valence-corrected chi connectivity index (χ3v) is 4.65. The fourth-order valence-electron chi connectivity index (χ4n) is 3.32. The highest BCUT2D eigenvalue weighted by Crippen LogP contribution is 2.29. The van der Waals surface area contributed by atoms with Crippen LogP contribution in [-0.2, 0) is 18.3 Å². The summed E-state index contributed by atoms with van der Waals surface area (Å²) in [6.45, 7) is 4.22. The Morgan fingerprint density at radius 3 is 2.77 bits per heavy atom. The summed E-state index contributed by atoms with van der Waals surface area (Å²) in [6, 6.07) is 7.95. The highest BCUT2D eigenvalue weighted by molar-refractivity contribution is 6.00. The zero-order valence-corrected chi connectivity index (χ0v) is 14.7. The lowest BCUT2D eigenvalue weighted by molar-refractivity contribution is 0.0342. The average molecular weight is 351 g/mol. The molecule has 0 aliphatic carbocycles. The molecule has 1 amide bonds. The first-order chi connectivity index (χ1) is 12.6. The van der Waals surface area contributed by atoms with E-state index in [0.29, 0.717) is 0 Å². The number of nitrogens with two attached hydrogens (primary N) is 1. The molecule has 4 rings (SSSR count). The van der Waals surface area contributed by atoms with Crippen molar-refractivity contribution in [1.82, 2.24) is 19.7 Å². The first-order valence-corrected chi connectivity index (χ1v) is 8.63. The third kappa shape index (κ3) is 3.31. The number of carbonyl (C=O) groups excluding carboxylic acids is 1. The lowest BCUT2D eigenvalue weighted by Crippen LogP contribution is -2.35. The summed E-state index contributed by atoms with van der Waals surface area (Å²) in [5, 5.41) is 5.21. The molecule has 3 heterocycles. The molecule has 3 aromatic rings. The quantitative estimate of drug-likeness (QED) is 0.771. The predicted octanol–water partition coefficient (Wildman–Crippen LogP) is 1.57. The van der Waals surface area contributed by atoms with E-state index >= 15 is 0 Å². The number of fused-ring (bicyclic) bond motifs is 1. The maximum atomic E-state index is 11.8. The molecule has 0 spiro atoms. The number of aryl methyl sites for hydroxylation is 1. The first-order valence-electron chi connectivity index (χ1n) is 8.63. The summed E-state index contributed by atoms with van der Waals surface area (Å²) < 4.78 is 7.14. The second kappa shape index (κ2) is 6.86. The molecule has 134 valence electrons. The van der Waals surface area contributed by atoms with Crippen molar-refractivity contribution in [3.63, 3.8) is 0 Å². The van der Waals surface area contributed by atoms with E-state index in [9.17, 15) is 4.79 Å². The summed E-state index contributed by atoms with van der Waals surface area (Å²) in [5.74, 6) is -0.532. The van der Waals surface area contributed by atoms with Crippen LogP contribution < -0.4 is 5.73 Å². The van der Waals surface area contributed by atoms with Crippen molar-refractivity contribution >= 4 is 16.8 Å². The van der Waals surface area contributed by atoms with Gasteiger partial charge in [-0.25, -0.2) is 4.98 Å². The van der Waals surface area contributed by atoms with Crippen molar-refractivity contribution < 1.29 is 9.53 Å². The molecule has 7 heteroatoms. The second-order valence-corrected chi connectivity index (χ2v) is 6.56. The van der Waals surface area contributed by atoms with Crippen LogP contribution in [0.1, 0.15) is 16.1 Å². The van der Waals surface area contributed by atoms with Gasteiger partial charge in [0.1, 0.15) is 5.69 Å². The Hall–Kier alpha value is -2.77. The molecular formula is C19H21N5O2. The van der Waals surface area contributed by atoms with Crippen LogP contribution in [0.2, 0.25) is 0 Å². The van der Waals surface area contributed by atoms with E-state index in [0.717, 1.165) is 60.4 Å². The van der Waals surface area contributed by atoms with Gasteiger partial charge in [-0.15, -0.1) is 0 Å². The molecule has 26 heavy (non-hydrogen) atoms. The van der Waals surface area contributed by atoms with E-state index < -0.39 is 5.91 Å². The van der Waals surface area contributed by atoms with Gasteiger partial charge in [0.2, 0.25) is 0 Å². The smallest absolute Gasteiger partial charge is 0.267 e. The Labute approximate surface area is 151 Å². The molecule has 1 saturated heterocycles. The zero-order valence-electron chi connectivity index (χ0n) is 14.7. The Kier molecular flexibility index (Phi) is 4.40. The SMILES string of the molecule is Cn1cc(-c2cc(C(N)=O)nc3cc(CN4CCOCC4)ccc23)cn1. The van der Waals surface area contributed by atoms with Crippen LogP contribution >= 0.6 is 0 Å². The number of amides is 1. The summed E-state index contributed by atoms with van der Waals surface area (Å²) in [4.78, 5) is 18.6. The van der Waals surface area contributed by atoms with Gasteiger partial charge in [0.15, 0.2) is 0 Å². The van der Waals surface area contributed by atoms with Crippen LogP contribution in [0.4, 0.5) is 0 Å². The Morgan fingerprint density at radius 2 is 2.08 bits per heavy atom. The number of pyridine rings is 1. The topological polar surface area (TPSA) is 86.3 Å². The van der Waals surface area contributed by atoms with Crippen LogP contribution in [0.3, 0.4) is 0 Å². The van der Waals surface area contributed by atoms with Gasteiger partial charge >= 0.3 is 0 Å². The predicted molar refractivity (Wildman–Crippen MR) is 98.6 cm³/mol. The fourth-order valence-corrected chi connectivity index (χ4v) is 3.32. The van der Waals surface area contributed by atoms with Crippen molar-refractivity contribution in [2.45, 2.75) is 6.54 Å². The van der Waals surface area contributed by atoms with Crippen molar-refractivity contribution in [3.8, 4) is 11.1 Å². The highest BCUT2D eigenvalue weighted by atomic mass is 16.5. The molecule has 1 aliphatic rings. The molecule has 0 unspecified atom stereocenters. The molecule has 7 nitrogen and oxygen atoms in total. The van der Waals surface area contributed by atoms with Crippen LogP contribution in [0.15, 0.2) is 36.7 Å². The van der Waals surface area contributed by atoms with Gasteiger partial charge in [-0.1, -0.05) is 12.1 Å². The van der Waals surface area contributed by atoms with Crippen LogP contribution in [0.25, 0.3) is 22.0 Å². The number of hydrogen-bond acceptors (Lipinski definition) is 5. The van der Waals surface area contributed by atoms with E-state index in [-0.39, 0.29) is 5.69 Å². The lowest BCUT2D eigenvalue weighted by Gasteiger charge is -2.26. The summed E-state index contributed by atoms with van der Waals surface area (Å²) >= 11 is 0. The zero-order chi connectivity index (χ0) is 18.1. The number of aromatic nitrogens is 3. The summed E-state index contributed by atoms with van der Waals surface area (Å²) in [7, 11) is 1.86. The standard InChI is InChI=1S/C19H21N5O2/c1-23-12-14(10-21-23)16-9-18(19(20)25)22-17-8-13(2-3-15(16)17)11-24-4-6-26-7-5-24/h2-3,8-10,12H,4-7,11H2,1H3,(H2,20,25). The normalized spacial score (nSPS) is 15.4. The van der Waals surface area contributed by atoms with E-state index in [2.05, 4.69) is 27.1 Å². The molecule has 0 atom stereocenters. The second-order valence-electron chi connectivity index (χ2n) is 6.56. The van der Waals surface area contributed by atoms with E-state index in [1.165, 1.54) is 0 Å². The number of primary amides is 1. The van der Waals surface area contributed by atoms with Crippen molar-refractivity contribution in [2.24, 2.45) is 12.8 Å². The molecule has 0 saturated carbocycles. The lowest BCUT2D eigenvalue weighted by atomic mass is 10.0. The number of nitrogens with zero attached hydrogens (tertiary/aromatic N) is 4. The maximum Gasteiger partial charge on any atom is 0.267 e. The van der Waals surface area contributed by atoms with Crippen molar-refractivity contribution in [3.05, 3.63) is 47.9 Å². The van der Waals surface area contributed by atoms with Gasteiger partial charge in [-0.3, -0.25) is 14.4 Å². The molecule has 1 aromatic carbocycles. The number of hydrogen-bond donors (Lipinski definition) is 1. The minimum absolute atomic E-state index is 0.264. The minimum Gasteiger partial charge on any atom is -0.379 e. The molecule has 2 N–H and O–H groups in total. The van der Waals surface area contributed by atoms with E-state index in [1.54, 1.807) is 16.9 Å². The Bertz CT molecular complexity index is 960. The molecule has 1 fully saturated rings. The van der Waals surface area contributed by atoms with E-state index in [4.69, 9.17) is 10.5 Å². The van der Waals surface area contributed by atoms with Gasteiger partial charge in [0.25, 0.3) is 5.91 Å². The number of carbonyl (C=O) groups is 1. The summed E-state index contributed by atoms with van der Waals surface area (Å²) in [6.07, 6.45) is 3.70. The van der Waals surface area contributed by atoms with Crippen LogP contribution in [0, 0.1) is 0 Å². The molecule has 0 radical (unpaired) electrons.